The maximum Gasteiger partial charge on any atom is 0.134 e. The van der Waals surface area contributed by atoms with Crippen LogP contribution in [0.3, 0.4) is 0 Å². The third-order valence-corrected chi connectivity index (χ3v) is 3.66. The Labute approximate surface area is 103 Å². The fourth-order valence-electron chi connectivity index (χ4n) is 1.84. The minimum Gasteiger partial charge on any atom is -0.464 e. The summed E-state index contributed by atoms with van der Waals surface area (Å²) in [5.74, 6) is 0. The lowest BCUT2D eigenvalue weighted by Crippen LogP contribution is -2.03. The number of nitrogens with one attached hydrogen (secondary N) is 1. The van der Waals surface area contributed by atoms with Crippen LogP contribution in [0.25, 0.3) is 21.4 Å². The molecule has 0 amide bonds. The fourth-order valence-corrected chi connectivity index (χ4v) is 2.79. The molecule has 0 bridgehead atoms. The first-order valence-electron chi connectivity index (χ1n) is 5.44. The first kappa shape index (κ1) is 10.5. The van der Waals surface area contributed by atoms with E-state index in [4.69, 9.17) is 4.42 Å². The Morgan fingerprint density at radius 1 is 1.35 bits per heavy atom. The Morgan fingerprint density at radius 2 is 2.24 bits per heavy atom. The average molecular weight is 244 g/mol. The van der Waals surface area contributed by atoms with Gasteiger partial charge < -0.3 is 9.73 Å². The van der Waals surface area contributed by atoms with E-state index in [1.54, 1.807) is 17.6 Å². The Morgan fingerprint density at radius 3 is 3.12 bits per heavy atom. The Balaban J connectivity index is 2.07. The highest BCUT2D eigenvalue weighted by molar-refractivity contribution is 7.15. The van der Waals surface area contributed by atoms with Crippen LogP contribution in [0.1, 0.15) is 5.01 Å². The van der Waals surface area contributed by atoms with Gasteiger partial charge in [0.2, 0.25) is 0 Å². The van der Waals surface area contributed by atoms with Gasteiger partial charge in [0, 0.05) is 23.7 Å². The van der Waals surface area contributed by atoms with Crippen LogP contribution in [0.5, 0.6) is 0 Å². The van der Waals surface area contributed by atoms with Gasteiger partial charge in [-0.1, -0.05) is 18.2 Å². The number of para-hydroxylation sites is 1. The number of benzene rings is 1. The molecular weight excluding hydrogens is 232 g/mol. The molecule has 2 heterocycles. The molecule has 0 atom stereocenters. The van der Waals surface area contributed by atoms with E-state index in [1.165, 1.54) is 0 Å². The quantitative estimate of drug-likeness (QED) is 0.768. The van der Waals surface area contributed by atoms with Crippen molar-refractivity contribution < 1.29 is 4.42 Å². The summed E-state index contributed by atoms with van der Waals surface area (Å²) in [7, 11) is 1.92. The van der Waals surface area contributed by atoms with Crippen molar-refractivity contribution in [3.63, 3.8) is 0 Å². The number of rotatable bonds is 3. The summed E-state index contributed by atoms with van der Waals surface area (Å²) in [5, 5.41) is 5.34. The van der Waals surface area contributed by atoms with Gasteiger partial charge in [-0.25, -0.2) is 4.98 Å². The van der Waals surface area contributed by atoms with Crippen molar-refractivity contribution in [2.45, 2.75) is 6.54 Å². The second-order valence-electron chi connectivity index (χ2n) is 3.79. The standard InChI is InChI=1S/C13H12N2OS/c1-14-7-13-15-6-12(17-13)10-8-16-11-5-3-2-4-9(10)11/h2-6,8,14H,7H2,1H3. The molecule has 3 aromatic rings. The Hall–Kier alpha value is -1.65. The van der Waals surface area contributed by atoms with Crippen LogP contribution < -0.4 is 5.32 Å². The van der Waals surface area contributed by atoms with Crippen LogP contribution in [0.4, 0.5) is 0 Å². The number of fused-ring (bicyclic) bond motifs is 1. The van der Waals surface area contributed by atoms with Crippen molar-refractivity contribution in [3.8, 4) is 10.4 Å². The lowest BCUT2D eigenvalue weighted by molar-refractivity contribution is 0.617. The third-order valence-electron chi connectivity index (χ3n) is 2.63. The minimum absolute atomic E-state index is 0.806. The molecule has 0 radical (unpaired) electrons. The molecule has 17 heavy (non-hydrogen) atoms. The summed E-state index contributed by atoms with van der Waals surface area (Å²) >= 11 is 1.70. The van der Waals surface area contributed by atoms with E-state index in [9.17, 15) is 0 Å². The van der Waals surface area contributed by atoms with Gasteiger partial charge >= 0.3 is 0 Å². The number of thiazole rings is 1. The number of aromatic nitrogens is 1. The van der Waals surface area contributed by atoms with Gasteiger partial charge in [0.1, 0.15) is 16.9 Å². The van der Waals surface area contributed by atoms with E-state index in [1.807, 2.05) is 31.4 Å². The lowest BCUT2D eigenvalue weighted by Gasteiger charge is -1.92. The van der Waals surface area contributed by atoms with Crippen molar-refractivity contribution in [2.24, 2.45) is 0 Å². The van der Waals surface area contributed by atoms with Crippen LogP contribution in [0.15, 0.2) is 41.1 Å². The van der Waals surface area contributed by atoms with Gasteiger partial charge in [0.15, 0.2) is 0 Å². The lowest BCUT2D eigenvalue weighted by atomic mass is 10.1. The highest BCUT2D eigenvalue weighted by Crippen LogP contribution is 2.33. The second-order valence-corrected chi connectivity index (χ2v) is 4.91. The molecule has 1 N–H and O–H groups in total. The third kappa shape index (κ3) is 1.85. The zero-order chi connectivity index (χ0) is 11.7. The SMILES string of the molecule is CNCc1ncc(-c2coc3ccccc23)s1. The van der Waals surface area contributed by atoms with E-state index >= 15 is 0 Å². The summed E-state index contributed by atoms with van der Waals surface area (Å²) in [5.41, 5.74) is 2.05. The molecule has 0 unspecified atom stereocenters. The number of hydrogen-bond acceptors (Lipinski definition) is 4. The molecule has 0 aliphatic rings. The van der Waals surface area contributed by atoms with Crippen LogP contribution in [0, 0.1) is 0 Å². The van der Waals surface area contributed by atoms with Crippen molar-refractivity contribution in [1.82, 2.24) is 10.3 Å². The summed E-state index contributed by atoms with van der Waals surface area (Å²) in [4.78, 5) is 5.54. The fraction of sp³-hybridized carbons (Fsp3) is 0.154. The molecule has 0 saturated heterocycles. The van der Waals surface area contributed by atoms with E-state index < -0.39 is 0 Å². The van der Waals surface area contributed by atoms with Crippen LogP contribution in [0.2, 0.25) is 0 Å². The summed E-state index contributed by atoms with van der Waals surface area (Å²) in [6, 6.07) is 8.06. The topological polar surface area (TPSA) is 38.1 Å². The highest BCUT2D eigenvalue weighted by Gasteiger charge is 2.10. The van der Waals surface area contributed by atoms with Crippen molar-refractivity contribution in [1.29, 1.82) is 0 Å². The number of hydrogen-bond donors (Lipinski definition) is 1. The predicted octanol–water partition coefficient (Wildman–Crippen LogP) is 3.28. The highest BCUT2D eigenvalue weighted by atomic mass is 32.1. The van der Waals surface area contributed by atoms with Gasteiger partial charge in [-0.2, -0.15) is 0 Å². The van der Waals surface area contributed by atoms with Gasteiger partial charge in [-0.15, -0.1) is 11.3 Å². The molecule has 0 aliphatic carbocycles. The largest absolute Gasteiger partial charge is 0.464 e. The maximum absolute atomic E-state index is 5.54. The molecule has 86 valence electrons. The van der Waals surface area contributed by atoms with Gasteiger partial charge in [-0.05, 0) is 13.1 Å². The van der Waals surface area contributed by atoms with Crippen molar-refractivity contribution in [2.75, 3.05) is 7.05 Å². The van der Waals surface area contributed by atoms with E-state index in [2.05, 4.69) is 16.4 Å². The molecule has 3 nitrogen and oxygen atoms in total. The Kier molecular flexibility index (Phi) is 2.66. The van der Waals surface area contributed by atoms with E-state index in [0.717, 1.165) is 33.0 Å². The molecule has 4 heteroatoms. The monoisotopic (exact) mass is 244 g/mol. The van der Waals surface area contributed by atoms with E-state index in [-0.39, 0.29) is 0 Å². The van der Waals surface area contributed by atoms with Crippen LogP contribution in [-0.4, -0.2) is 12.0 Å². The van der Waals surface area contributed by atoms with Crippen molar-refractivity contribution >= 4 is 22.3 Å². The predicted molar refractivity (Wildman–Crippen MR) is 70.1 cm³/mol. The van der Waals surface area contributed by atoms with Gasteiger partial charge in [-0.3, -0.25) is 0 Å². The molecular formula is C13H12N2OS. The first-order valence-corrected chi connectivity index (χ1v) is 6.26. The second kappa shape index (κ2) is 4.31. The minimum atomic E-state index is 0.806. The van der Waals surface area contributed by atoms with Crippen LogP contribution in [-0.2, 0) is 6.54 Å². The molecule has 3 rings (SSSR count). The first-order chi connectivity index (χ1) is 8.38. The normalized spacial score (nSPS) is 11.1. The molecule has 0 fully saturated rings. The number of nitrogens with zero attached hydrogens (tertiary/aromatic N) is 1. The van der Waals surface area contributed by atoms with Gasteiger partial charge in [0.05, 0.1) is 4.88 Å². The number of furan rings is 1. The van der Waals surface area contributed by atoms with Crippen molar-refractivity contribution in [3.05, 3.63) is 41.7 Å². The molecule has 0 saturated carbocycles. The van der Waals surface area contributed by atoms with Gasteiger partial charge in [0.25, 0.3) is 0 Å². The summed E-state index contributed by atoms with van der Waals surface area (Å²) in [6.07, 6.45) is 3.72. The summed E-state index contributed by atoms with van der Waals surface area (Å²) in [6.45, 7) is 0.806. The molecule has 1 aromatic carbocycles. The van der Waals surface area contributed by atoms with Crippen LogP contribution >= 0.6 is 11.3 Å². The summed E-state index contributed by atoms with van der Waals surface area (Å²) < 4.78 is 5.54. The average Bonchev–Trinajstić information content (AvgIpc) is 2.95. The smallest absolute Gasteiger partial charge is 0.134 e. The van der Waals surface area contributed by atoms with E-state index in [0.29, 0.717) is 0 Å². The maximum atomic E-state index is 5.54. The zero-order valence-electron chi connectivity index (χ0n) is 9.43. The molecule has 0 spiro atoms. The molecule has 2 aromatic heterocycles. The zero-order valence-corrected chi connectivity index (χ0v) is 10.3. The Bertz CT molecular complexity index is 641. The molecule has 0 aliphatic heterocycles.